The van der Waals surface area contributed by atoms with Gasteiger partial charge in [0.25, 0.3) is 0 Å². The van der Waals surface area contributed by atoms with Crippen LogP contribution in [0.2, 0.25) is 5.02 Å². The molecule has 2 aromatic rings. The first-order valence-electron chi connectivity index (χ1n) is 8.05. The van der Waals surface area contributed by atoms with Crippen LogP contribution in [0.3, 0.4) is 0 Å². The molecule has 0 spiro atoms. The molecule has 2 aliphatic rings. The Labute approximate surface area is 136 Å². The van der Waals surface area contributed by atoms with Gasteiger partial charge in [-0.15, -0.1) is 0 Å². The third-order valence-corrected chi connectivity index (χ3v) is 4.96. The molecule has 3 heteroatoms. The summed E-state index contributed by atoms with van der Waals surface area (Å²) in [5.41, 5.74) is 2.28. The lowest BCUT2D eigenvalue weighted by Gasteiger charge is -2.29. The Kier molecular flexibility index (Phi) is 3.81. The summed E-state index contributed by atoms with van der Waals surface area (Å²) < 4.78 is 6.26. The number of rotatable bonds is 3. The van der Waals surface area contributed by atoms with Gasteiger partial charge in [0.2, 0.25) is 0 Å². The molecule has 0 amide bonds. The number of fused-ring (bicyclic) bond motifs is 2. The fourth-order valence-electron chi connectivity index (χ4n) is 3.71. The Balaban J connectivity index is 1.52. The van der Waals surface area contributed by atoms with Crippen LogP contribution >= 0.6 is 11.6 Å². The lowest BCUT2D eigenvalue weighted by atomic mass is 10.0. The van der Waals surface area contributed by atoms with E-state index >= 15 is 0 Å². The van der Waals surface area contributed by atoms with E-state index in [1.54, 1.807) is 0 Å². The van der Waals surface area contributed by atoms with E-state index in [2.05, 4.69) is 35.6 Å². The summed E-state index contributed by atoms with van der Waals surface area (Å²) in [6.07, 6.45) is 5.18. The van der Waals surface area contributed by atoms with Gasteiger partial charge in [0.15, 0.2) is 0 Å². The third-order valence-electron chi connectivity index (χ3n) is 4.72. The van der Waals surface area contributed by atoms with Gasteiger partial charge < -0.3 is 10.1 Å². The molecule has 4 rings (SSSR count). The van der Waals surface area contributed by atoms with Crippen molar-refractivity contribution >= 4 is 11.6 Å². The van der Waals surface area contributed by atoms with Crippen LogP contribution in [0.1, 0.15) is 25.7 Å². The maximum atomic E-state index is 6.26. The molecule has 2 aliphatic heterocycles. The summed E-state index contributed by atoms with van der Waals surface area (Å²) in [7, 11) is 0. The topological polar surface area (TPSA) is 21.3 Å². The predicted molar refractivity (Wildman–Crippen MR) is 90.5 cm³/mol. The van der Waals surface area contributed by atoms with E-state index in [9.17, 15) is 0 Å². The summed E-state index contributed by atoms with van der Waals surface area (Å²) in [6, 6.07) is 17.6. The lowest BCUT2D eigenvalue weighted by molar-refractivity contribution is 0.137. The molecule has 3 atom stereocenters. The second kappa shape index (κ2) is 5.94. The molecule has 0 saturated carbocycles. The van der Waals surface area contributed by atoms with Crippen molar-refractivity contribution in [3.63, 3.8) is 0 Å². The first-order chi connectivity index (χ1) is 10.8. The van der Waals surface area contributed by atoms with E-state index in [1.807, 2.05) is 18.2 Å². The molecule has 0 aromatic heterocycles. The minimum absolute atomic E-state index is 0.341. The highest BCUT2D eigenvalue weighted by molar-refractivity contribution is 6.30. The van der Waals surface area contributed by atoms with Crippen LogP contribution in [-0.4, -0.2) is 18.2 Å². The molecule has 22 heavy (non-hydrogen) atoms. The molecule has 0 unspecified atom stereocenters. The molecule has 2 saturated heterocycles. The second-order valence-corrected chi connectivity index (χ2v) is 6.82. The normalized spacial score (nSPS) is 26.9. The van der Waals surface area contributed by atoms with Gasteiger partial charge >= 0.3 is 0 Å². The molecule has 2 bridgehead atoms. The van der Waals surface area contributed by atoms with Crippen LogP contribution in [0, 0.1) is 0 Å². The molecule has 114 valence electrons. The highest BCUT2D eigenvalue weighted by atomic mass is 35.5. The maximum Gasteiger partial charge on any atom is 0.120 e. The van der Waals surface area contributed by atoms with E-state index in [1.165, 1.54) is 12.8 Å². The predicted octanol–water partition coefficient (Wildman–Crippen LogP) is 4.67. The first kappa shape index (κ1) is 14.1. The SMILES string of the molecule is Clc1cccc(-c2cccc(O[C@@H]3C[C@H]4CC[C@@H](C3)N4)c2)c1. The Morgan fingerprint density at radius 1 is 0.909 bits per heavy atom. The van der Waals surface area contributed by atoms with Crippen molar-refractivity contribution in [3.05, 3.63) is 53.6 Å². The summed E-state index contributed by atoms with van der Waals surface area (Å²) in [4.78, 5) is 0. The van der Waals surface area contributed by atoms with E-state index in [0.717, 1.165) is 34.7 Å². The van der Waals surface area contributed by atoms with Gasteiger partial charge in [-0.25, -0.2) is 0 Å². The molecule has 2 aromatic carbocycles. The van der Waals surface area contributed by atoms with Crippen LogP contribution in [0.25, 0.3) is 11.1 Å². The molecule has 2 nitrogen and oxygen atoms in total. The monoisotopic (exact) mass is 313 g/mol. The summed E-state index contributed by atoms with van der Waals surface area (Å²) in [5, 5.41) is 4.42. The second-order valence-electron chi connectivity index (χ2n) is 6.39. The van der Waals surface area contributed by atoms with Crippen LogP contribution < -0.4 is 10.1 Å². The fourth-order valence-corrected chi connectivity index (χ4v) is 3.90. The van der Waals surface area contributed by atoms with Gasteiger partial charge in [-0.1, -0.05) is 35.9 Å². The number of benzene rings is 2. The zero-order valence-corrected chi connectivity index (χ0v) is 13.2. The van der Waals surface area contributed by atoms with Gasteiger partial charge in [-0.05, 0) is 61.1 Å². The van der Waals surface area contributed by atoms with Crippen LogP contribution in [0.4, 0.5) is 0 Å². The molecular formula is C19H20ClNO. The average molecular weight is 314 g/mol. The van der Waals surface area contributed by atoms with Crippen molar-refractivity contribution in [3.8, 4) is 16.9 Å². The van der Waals surface area contributed by atoms with Crippen LogP contribution in [0.5, 0.6) is 5.75 Å². The highest BCUT2D eigenvalue weighted by Gasteiger charge is 2.34. The van der Waals surface area contributed by atoms with Crippen molar-refractivity contribution < 1.29 is 4.74 Å². The standard InChI is InChI=1S/C19H20ClNO/c20-15-5-1-3-13(9-15)14-4-2-6-18(10-14)22-19-11-16-7-8-17(12-19)21-16/h1-6,9-10,16-17,19,21H,7-8,11-12H2/t16-,17+,19-. The smallest absolute Gasteiger partial charge is 0.120 e. The number of ether oxygens (including phenoxy) is 1. The molecule has 2 heterocycles. The lowest BCUT2D eigenvalue weighted by Crippen LogP contribution is -2.42. The van der Waals surface area contributed by atoms with Crippen LogP contribution in [0.15, 0.2) is 48.5 Å². The van der Waals surface area contributed by atoms with Crippen molar-refractivity contribution in [1.82, 2.24) is 5.32 Å². The number of nitrogens with one attached hydrogen (secondary N) is 1. The summed E-state index contributed by atoms with van der Waals surface area (Å²) >= 11 is 6.09. The number of halogens is 1. The minimum Gasteiger partial charge on any atom is -0.490 e. The zero-order valence-electron chi connectivity index (χ0n) is 12.5. The zero-order chi connectivity index (χ0) is 14.9. The van der Waals surface area contributed by atoms with Crippen molar-refractivity contribution in [2.45, 2.75) is 43.9 Å². The van der Waals surface area contributed by atoms with Gasteiger partial charge in [-0.3, -0.25) is 0 Å². The van der Waals surface area contributed by atoms with Crippen molar-refractivity contribution in [2.24, 2.45) is 0 Å². The molecule has 0 aliphatic carbocycles. The number of hydrogen-bond donors (Lipinski definition) is 1. The van der Waals surface area contributed by atoms with Gasteiger partial charge in [-0.2, -0.15) is 0 Å². The largest absolute Gasteiger partial charge is 0.490 e. The highest BCUT2D eigenvalue weighted by Crippen LogP contribution is 2.31. The van der Waals surface area contributed by atoms with Gasteiger partial charge in [0, 0.05) is 17.1 Å². The Morgan fingerprint density at radius 2 is 1.59 bits per heavy atom. The Hall–Kier alpha value is -1.51. The van der Waals surface area contributed by atoms with Crippen molar-refractivity contribution in [1.29, 1.82) is 0 Å². The van der Waals surface area contributed by atoms with Gasteiger partial charge in [0.05, 0.1) is 0 Å². The summed E-state index contributed by atoms with van der Waals surface area (Å²) in [5.74, 6) is 0.962. The molecular weight excluding hydrogens is 294 g/mol. The van der Waals surface area contributed by atoms with E-state index in [-0.39, 0.29) is 0 Å². The van der Waals surface area contributed by atoms with Crippen molar-refractivity contribution in [2.75, 3.05) is 0 Å². The van der Waals surface area contributed by atoms with Gasteiger partial charge in [0.1, 0.15) is 11.9 Å². The van der Waals surface area contributed by atoms with E-state index in [0.29, 0.717) is 18.2 Å². The molecule has 0 radical (unpaired) electrons. The van der Waals surface area contributed by atoms with Crippen LogP contribution in [-0.2, 0) is 0 Å². The third kappa shape index (κ3) is 2.99. The number of hydrogen-bond acceptors (Lipinski definition) is 2. The average Bonchev–Trinajstić information content (AvgIpc) is 2.86. The Bertz CT molecular complexity index is 660. The fraction of sp³-hybridized carbons (Fsp3) is 0.368. The Morgan fingerprint density at radius 3 is 2.32 bits per heavy atom. The quantitative estimate of drug-likeness (QED) is 0.889. The van der Waals surface area contributed by atoms with E-state index < -0.39 is 0 Å². The summed E-state index contributed by atoms with van der Waals surface area (Å²) in [6.45, 7) is 0. The number of piperidine rings is 1. The molecule has 1 N–H and O–H groups in total. The maximum absolute atomic E-state index is 6.26. The minimum atomic E-state index is 0.341. The van der Waals surface area contributed by atoms with E-state index in [4.69, 9.17) is 16.3 Å². The molecule has 2 fully saturated rings. The first-order valence-corrected chi connectivity index (χ1v) is 8.43.